The minimum Gasteiger partial charge on any atom is -0.354 e. The fourth-order valence-corrected chi connectivity index (χ4v) is 4.56. The summed E-state index contributed by atoms with van der Waals surface area (Å²) in [5.41, 5.74) is 1.83. The van der Waals surface area contributed by atoms with Crippen molar-refractivity contribution in [3.63, 3.8) is 0 Å². The molecule has 34 heavy (non-hydrogen) atoms. The molecule has 1 atom stereocenters. The smallest absolute Gasteiger partial charge is 0.244 e. The number of nitrogens with zero attached hydrogens (tertiary/aromatic N) is 2. The standard InChI is InChI=1S/C24H31Cl2N3O4S/c1-5-13-27-24(31)22(6-2)28(15-18-8-10-19(25)11-9-18)23(30)16-29(34(4,32)33)20-12-7-17(3)21(26)14-20/h7-12,14,22H,5-6,13,15-16H2,1-4H3,(H,27,31). The molecule has 2 aromatic carbocycles. The van der Waals surface area contributed by atoms with Gasteiger partial charge in [0.25, 0.3) is 0 Å². The molecule has 1 unspecified atom stereocenters. The molecule has 10 heteroatoms. The number of aryl methyl sites for hydroxylation is 1. The summed E-state index contributed by atoms with van der Waals surface area (Å²) in [6.07, 6.45) is 2.15. The quantitative estimate of drug-likeness (QED) is 0.469. The zero-order chi connectivity index (χ0) is 25.5. The molecule has 0 aromatic heterocycles. The molecule has 7 nitrogen and oxygen atoms in total. The predicted molar refractivity (Wildman–Crippen MR) is 138 cm³/mol. The van der Waals surface area contributed by atoms with Gasteiger partial charge in [-0.2, -0.15) is 0 Å². The van der Waals surface area contributed by atoms with Gasteiger partial charge in [0.15, 0.2) is 0 Å². The van der Waals surface area contributed by atoms with E-state index in [1.807, 2.05) is 13.8 Å². The van der Waals surface area contributed by atoms with E-state index in [2.05, 4.69) is 5.32 Å². The Labute approximate surface area is 212 Å². The predicted octanol–water partition coefficient (Wildman–Crippen LogP) is 4.40. The van der Waals surface area contributed by atoms with E-state index in [1.165, 1.54) is 11.0 Å². The monoisotopic (exact) mass is 527 g/mol. The summed E-state index contributed by atoms with van der Waals surface area (Å²) < 4.78 is 26.2. The molecule has 0 fully saturated rings. The van der Waals surface area contributed by atoms with Crippen molar-refractivity contribution < 1.29 is 18.0 Å². The summed E-state index contributed by atoms with van der Waals surface area (Å²) >= 11 is 12.2. The lowest BCUT2D eigenvalue weighted by Crippen LogP contribution is -2.52. The van der Waals surface area contributed by atoms with Gasteiger partial charge in [-0.3, -0.25) is 13.9 Å². The maximum Gasteiger partial charge on any atom is 0.244 e. The van der Waals surface area contributed by atoms with Gasteiger partial charge in [-0.1, -0.05) is 55.2 Å². The molecule has 0 aliphatic heterocycles. The highest BCUT2D eigenvalue weighted by molar-refractivity contribution is 7.92. The van der Waals surface area contributed by atoms with Crippen molar-refractivity contribution in [3.8, 4) is 0 Å². The largest absolute Gasteiger partial charge is 0.354 e. The van der Waals surface area contributed by atoms with E-state index < -0.39 is 28.5 Å². The summed E-state index contributed by atoms with van der Waals surface area (Å²) in [6, 6.07) is 11.0. The highest BCUT2D eigenvalue weighted by atomic mass is 35.5. The van der Waals surface area contributed by atoms with E-state index in [1.54, 1.807) is 43.3 Å². The third kappa shape index (κ3) is 7.61. The Bertz CT molecular complexity index is 1110. The van der Waals surface area contributed by atoms with Crippen molar-refractivity contribution in [1.29, 1.82) is 0 Å². The van der Waals surface area contributed by atoms with Crippen LogP contribution in [-0.4, -0.2) is 50.5 Å². The summed E-state index contributed by atoms with van der Waals surface area (Å²) in [7, 11) is -3.81. The van der Waals surface area contributed by atoms with Crippen LogP contribution in [0.4, 0.5) is 5.69 Å². The van der Waals surface area contributed by atoms with Crippen molar-refractivity contribution in [1.82, 2.24) is 10.2 Å². The van der Waals surface area contributed by atoms with Gasteiger partial charge in [0, 0.05) is 23.1 Å². The van der Waals surface area contributed by atoms with Gasteiger partial charge in [0.1, 0.15) is 12.6 Å². The van der Waals surface area contributed by atoms with E-state index in [0.717, 1.165) is 28.1 Å². The van der Waals surface area contributed by atoms with Gasteiger partial charge in [-0.05, 0) is 55.2 Å². The third-order valence-corrected chi connectivity index (χ3v) is 7.12. The number of amides is 2. The van der Waals surface area contributed by atoms with Gasteiger partial charge < -0.3 is 10.2 Å². The number of hydrogen-bond acceptors (Lipinski definition) is 4. The number of hydrogen-bond donors (Lipinski definition) is 1. The first-order valence-electron chi connectivity index (χ1n) is 11.0. The van der Waals surface area contributed by atoms with Crippen LogP contribution >= 0.6 is 23.2 Å². The van der Waals surface area contributed by atoms with Crippen molar-refractivity contribution in [2.24, 2.45) is 0 Å². The lowest BCUT2D eigenvalue weighted by atomic mass is 10.1. The molecule has 2 rings (SSSR count). The van der Waals surface area contributed by atoms with Crippen LogP contribution in [0.5, 0.6) is 0 Å². The molecule has 0 heterocycles. The SMILES string of the molecule is CCCNC(=O)C(CC)N(Cc1ccc(Cl)cc1)C(=O)CN(c1ccc(C)c(Cl)c1)S(C)(=O)=O. The average Bonchev–Trinajstić information content (AvgIpc) is 2.78. The van der Waals surface area contributed by atoms with Crippen molar-refractivity contribution in [2.45, 2.75) is 46.2 Å². The summed E-state index contributed by atoms with van der Waals surface area (Å²) in [6.45, 7) is 5.69. The van der Waals surface area contributed by atoms with Crippen molar-refractivity contribution in [2.75, 3.05) is 23.7 Å². The minimum atomic E-state index is -3.81. The Hall–Kier alpha value is -2.29. The van der Waals surface area contributed by atoms with Gasteiger partial charge in [-0.25, -0.2) is 8.42 Å². The van der Waals surface area contributed by atoms with Crippen molar-refractivity contribution >= 4 is 50.7 Å². The fourth-order valence-electron chi connectivity index (χ4n) is 3.42. The van der Waals surface area contributed by atoms with Gasteiger partial charge >= 0.3 is 0 Å². The van der Waals surface area contributed by atoms with E-state index in [-0.39, 0.29) is 18.1 Å². The Morgan fingerprint density at radius 3 is 2.24 bits per heavy atom. The number of benzene rings is 2. The molecule has 186 valence electrons. The highest BCUT2D eigenvalue weighted by Gasteiger charge is 2.31. The molecule has 0 radical (unpaired) electrons. The number of carbonyl (C=O) groups excluding carboxylic acids is 2. The van der Waals surface area contributed by atoms with E-state index in [9.17, 15) is 18.0 Å². The Morgan fingerprint density at radius 2 is 1.71 bits per heavy atom. The normalized spacial score (nSPS) is 12.2. The van der Waals surface area contributed by atoms with Crippen LogP contribution in [0.2, 0.25) is 10.0 Å². The third-order valence-electron chi connectivity index (χ3n) is 5.32. The molecule has 2 aromatic rings. The molecule has 0 spiro atoms. The maximum absolute atomic E-state index is 13.6. The summed E-state index contributed by atoms with van der Waals surface area (Å²) in [4.78, 5) is 27.9. The molecule has 0 bridgehead atoms. The second kappa shape index (κ2) is 12.4. The molecular formula is C24H31Cl2N3O4S. The summed E-state index contributed by atoms with van der Waals surface area (Å²) in [5, 5.41) is 3.78. The first-order chi connectivity index (χ1) is 16.0. The number of halogens is 2. The van der Waals surface area contributed by atoms with Gasteiger partial charge in [0.05, 0.1) is 11.9 Å². The lowest BCUT2D eigenvalue weighted by Gasteiger charge is -2.33. The summed E-state index contributed by atoms with van der Waals surface area (Å²) in [5.74, 6) is -0.786. The van der Waals surface area contributed by atoms with Crippen LogP contribution in [0.3, 0.4) is 0 Å². The fraction of sp³-hybridized carbons (Fsp3) is 0.417. The van der Waals surface area contributed by atoms with Crippen LogP contribution in [0.25, 0.3) is 0 Å². The second-order valence-corrected chi connectivity index (χ2v) is 10.8. The minimum absolute atomic E-state index is 0.125. The first-order valence-corrected chi connectivity index (χ1v) is 13.6. The van der Waals surface area contributed by atoms with Crippen LogP contribution in [-0.2, 0) is 26.2 Å². The van der Waals surface area contributed by atoms with Crippen molar-refractivity contribution in [3.05, 3.63) is 63.6 Å². The lowest BCUT2D eigenvalue weighted by molar-refractivity contribution is -0.140. The molecule has 2 amide bonds. The maximum atomic E-state index is 13.6. The van der Waals surface area contributed by atoms with Gasteiger partial charge in [0.2, 0.25) is 21.8 Å². The van der Waals surface area contributed by atoms with Crippen LogP contribution in [0, 0.1) is 6.92 Å². The number of carbonyl (C=O) groups is 2. The van der Waals surface area contributed by atoms with E-state index in [4.69, 9.17) is 23.2 Å². The van der Waals surface area contributed by atoms with Crippen LogP contribution in [0.15, 0.2) is 42.5 Å². The molecular weight excluding hydrogens is 497 g/mol. The second-order valence-electron chi connectivity index (χ2n) is 8.07. The molecule has 0 aliphatic rings. The Kier molecular flexibility index (Phi) is 10.2. The van der Waals surface area contributed by atoms with Gasteiger partial charge in [-0.15, -0.1) is 0 Å². The number of anilines is 1. The van der Waals surface area contributed by atoms with Crippen LogP contribution in [0.1, 0.15) is 37.8 Å². The topological polar surface area (TPSA) is 86.8 Å². The number of rotatable bonds is 11. The average molecular weight is 529 g/mol. The molecule has 0 saturated heterocycles. The zero-order valence-electron chi connectivity index (χ0n) is 19.8. The number of sulfonamides is 1. The van der Waals surface area contributed by atoms with E-state index >= 15 is 0 Å². The Morgan fingerprint density at radius 1 is 1.06 bits per heavy atom. The molecule has 0 saturated carbocycles. The van der Waals surface area contributed by atoms with E-state index in [0.29, 0.717) is 23.0 Å². The first kappa shape index (κ1) is 28.0. The van der Waals surface area contributed by atoms with Crippen LogP contribution < -0.4 is 9.62 Å². The Balaban J connectivity index is 2.43. The zero-order valence-corrected chi connectivity index (χ0v) is 22.2. The highest BCUT2D eigenvalue weighted by Crippen LogP contribution is 2.25. The molecule has 1 N–H and O–H groups in total. The molecule has 0 aliphatic carbocycles. The number of nitrogens with one attached hydrogen (secondary N) is 1.